The summed E-state index contributed by atoms with van der Waals surface area (Å²) in [7, 11) is 0. The number of carbonyl (C=O) groups excluding carboxylic acids is 5. The summed E-state index contributed by atoms with van der Waals surface area (Å²) in [5.74, 6) is -4.99. The van der Waals surface area contributed by atoms with E-state index in [4.69, 9.17) is 37.4 Å². The fourth-order valence-electron chi connectivity index (χ4n) is 9.74. The lowest BCUT2D eigenvalue weighted by Gasteiger charge is -2.44. The van der Waals surface area contributed by atoms with Crippen LogP contribution in [0.4, 0.5) is 27.6 Å². The van der Waals surface area contributed by atoms with Gasteiger partial charge < -0.3 is 39.5 Å². The number of alkyl halides is 3. The van der Waals surface area contributed by atoms with Gasteiger partial charge in [0.2, 0.25) is 17.7 Å². The molecule has 0 aliphatic carbocycles. The minimum Gasteiger partial charge on any atom is -0.492 e. The standard InChI is InChI=1S/C50H43Cl2F5N10O10/c1-23-58-46(67(62-23)36-15-27(51)6-9-31(36)50(55,56)57)45-44(42(43(71)38(20-68)77-45)66-19-34(61-63-66)25-13-32(53)41(52)33(54)14-25)76-22-40(70)64-16-24(17-64)21-75-37-5-3-2-4-30(37)47(72)59-28-7-8-29-26(12-28)18-65(49(29)74)35-10-11-39(69)60-48(35)73/h2-9,12-15,19,24,35,38,42-45,68,71H,10-11,16-18,20-22H2,1H3,(H,59,72)(H,60,69,73)/t35?,38-,42+,43+,44-,45-/m1/s1. The first-order chi connectivity index (χ1) is 36.8. The van der Waals surface area contributed by atoms with Crippen molar-refractivity contribution in [2.45, 2.75) is 69.0 Å². The lowest BCUT2D eigenvalue weighted by atomic mass is 9.91. The molecule has 6 heterocycles. The summed E-state index contributed by atoms with van der Waals surface area (Å²) in [6.45, 7) is 0.312. The number of para-hydroxylation sites is 1. The van der Waals surface area contributed by atoms with Crippen LogP contribution in [-0.2, 0) is 36.6 Å². The molecule has 0 bridgehead atoms. The quantitative estimate of drug-likeness (QED) is 0.0606. The van der Waals surface area contributed by atoms with E-state index >= 15 is 0 Å². The number of aryl methyl sites for hydroxylation is 1. The number of benzene rings is 4. The predicted molar refractivity (Wildman–Crippen MR) is 258 cm³/mol. The number of aliphatic hydroxyl groups excluding tert-OH is 2. The molecule has 4 N–H and O–H groups in total. The van der Waals surface area contributed by atoms with Crippen LogP contribution in [0, 0.1) is 24.5 Å². The molecule has 20 nitrogen and oxygen atoms in total. The molecule has 0 spiro atoms. The maximum Gasteiger partial charge on any atom is 0.418 e. The molecule has 5 amide bonds. The van der Waals surface area contributed by atoms with Gasteiger partial charge in [-0.05, 0) is 79.6 Å². The number of fused-ring (bicyclic) bond motifs is 1. The van der Waals surface area contributed by atoms with Crippen molar-refractivity contribution in [2.75, 3.05) is 38.2 Å². The second kappa shape index (κ2) is 21.2. The Morgan fingerprint density at radius 2 is 1.75 bits per heavy atom. The fourth-order valence-corrected chi connectivity index (χ4v) is 10.0. The van der Waals surface area contributed by atoms with Gasteiger partial charge in [0.25, 0.3) is 11.8 Å². The Morgan fingerprint density at radius 1 is 1.00 bits per heavy atom. The van der Waals surface area contributed by atoms with Crippen molar-refractivity contribution in [3.8, 4) is 22.7 Å². The van der Waals surface area contributed by atoms with Crippen molar-refractivity contribution < 1.29 is 70.3 Å². The number of nitrogens with one attached hydrogen (secondary N) is 2. The van der Waals surface area contributed by atoms with Crippen LogP contribution < -0.4 is 15.4 Å². The number of likely N-dealkylation sites (tertiary alicyclic amines) is 1. The van der Waals surface area contributed by atoms with Crippen LogP contribution in [-0.4, -0.2) is 137 Å². The summed E-state index contributed by atoms with van der Waals surface area (Å²) in [6.07, 6.45) is -9.86. The topological polar surface area (TPSA) is 245 Å². The van der Waals surface area contributed by atoms with Crippen molar-refractivity contribution in [3.05, 3.63) is 135 Å². The summed E-state index contributed by atoms with van der Waals surface area (Å²) in [5.41, 5.74) is -0.432. The Kier molecular flexibility index (Phi) is 14.6. The van der Waals surface area contributed by atoms with Gasteiger partial charge in [0.05, 0.1) is 36.2 Å². The number of hydrogen-bond donors (Lipinski definition) is 4. The van der Waals surface area contributed by atoms with Crippen molar-refractivity contribution >= 4 is 58.4 Å². The van der Waals surface area contributed by atoms with Gasteiger partial charge in [-0.15, -0.1) is 5.10 Å². The van der Waals surface area contributed by atoms with E-state index in [1.165, 1.54) is 22.9 Å². The van der Waals surface area contributed by atoms with Crippen LogP contribution in [0.15, 0.2) is 79.0 Å². The van der Waals surface area contributed by atoms with E-state index in [1.807, 2.05) is 0 Å². The van der Waals surface area contributed by atoms with Gasteiger partial charge in [0.15, 0.2) is 5.82 Å². The number of amides is 5. The van der Waals surface area contributed by atoms with Crippen LogP contribution in [0.2, 0.25) is 10.0 Å². The lowest BCUT2D eigenvalue weighted by molar-refractivity contribution is -0.225. The summed E-state index contributed by atoms with van der Waals surface area (Å²) in [4.78, 5) is 72.2. The molecule has 1 unspecified atom stereocenters. The number of halogens is 7. The zero-order chi connectivity index (χ0) is 54.6. The first-order valence-electron chi connectivity index (χ1n) is 23.8. The molecule has 0 saturated carbocycles. The maximum atomic E-state index is 14.6. The Balaban J connectivity index is 0.841. The van der Waals surface area contributed by atoms with Gasteiger partial charge in [-0.2, -0.15) is 18.3 Å². The number of hydrogen-bond acceptors (Lipinski definition) is 14. The molecule has 3 saturated heterocycles. The third kappa shape index (κ3) is 10.6. The van der Waals surface area contributed by atoms with E-state index in [-0.39, 0.29) is 90.1 Å². The molecule has 4 aliphatic heterocycles. The number of imide groups is 1. The number of piperidine rings is 1. The van der Waals surface area contributed by atoms with E-state index in [1.54, 1.807) is 42.5 Å². The van der Waals surface area contributed by atoms with Crippen molar-refractivity contribution in [3.63, 3.8) is 0 Å². The Hall–Kier alpha value is -7.42. The van der Waals surface area contributed by atoms with Crippen molar-refractivity contribution in [1.82, 2.24) is 44.9 Å². The van der Waals surface area contributed by atoms with Crippen LogP contribution >= 0.6 is 23.2 Å². The smallest absolute Gasteiger partial charge is 0.418 e. The summed E-state index contributed by atoms with van der Waals surface area (Å²) >= 11 is 11.9. The number of ether oxygens (including phenoxy) is 3. The number of aliphatic hydroxyl groups is 2. The molecular weight excluding hydrogens is 1070 g/mol. The molecule has 4 aliphatic rings. The molecule has 402 valence electrons. The summed E-state index contributed by atoms with van der Waals surface area (Å²) in [5, 5.41) is 38.9. The third-order valence-electron chi connectivity index (χ3n) is 13.5. The van der Waals surface area contributed by atoms with Crippen molar-refractivity contribution in [2.24, 2.45) is 5.92 Å². The first kappa shape index (κ1) is 53.0. The highest BCUT2D eigenvalue weighted by Gasteiger charge is 2.51. The molecule has 0 radical (unpaired) electrons. The van der Waals surface area contributed by atoms with E-state index in [0.717, 1.165) is 39.7 Å². The zero-order valence-corrected chi connectivity index (χ0v) is 41.6. The monoisotopic (exact) mass is 1110 g/mol. The SMILES string of the molecule is Cc1nc([C@@H]2O[C@H](CO)[C@H](O)[C@H](n3cc(-c4cc(F)c(Cl)c(F)c4)nn3)[C@H]2OCC(=O)N2CC(COc3ccccc3C(=O)Nc3ccc4c(c3)CN(C3CCC(=O)NC3=O)C4=O)C2)n(-c2cc(Cl)ccc2C(F)(F)F)n1. The molecule has 6 atom stereocenters. The Bertz CT molecular complexity index is 3310. The molecule has 27 heteroatoms. The molecule has 2 aromatic heterocycles. The van der Waals surface area contributed by atoms with E-state index in [9.17, 15) is 56.1 Å². The normalized spacial score (nSPS) is 21.7. The van der Waals surface area contributed by atoms with Gasteiger partial charge in [-0.25, -0.2) is 23.1 Å². The highest BCUT2D eigenvalue weighted by atomic mass is 35.5. The number of anilines is 1. The average molecular weight is 1110 g/mol. The maximum absolute atomic E-state index is 14.6. The molecular formula is C50H43Cl2F5N10O10. The van der Waals surface area contributed by atoms with E-state index < -0.39 is 107 Å². The minimum atomic E-state index is -4.92. The number of nitrogens with zero attached hydrogens (tertiary/aromatic N) is 8. The summed E-state index contributed by atoms with van der Waals surface area (Å²) < 4.78 is 93.2. The Morgan fingerprint density at radius 3 is 2.48 bits per heavy atom. The van der Waals surface area contributed by atoms with Gasteiger partial charge >= 0.3 is 6.18 Å². The third-order valence-corrected chi connectivity index (χ3v) is 14.1. The van der Waals surface area contributed by atoms with Crippen molar-refractivity contribution in [1.29, 1.82) is 0 Å². The fraction of sp³-hybridized carbons (Fsp3) is 0.340. The van der Waals surface area contributed by atoms with Gasteiger partial charge in [-0.3, -0.25) is 29.3 Å². The van der Waals surface area contributed by atoms with Crippen LogP contribution in [0.5, 0.6) is 5.75 Å². The second-order valence-electron chi connectivity index (χ2n) is 18.7. The van der Waals surface area contributed by atoms with Crippen LogP contribution in [0.25, 0.3) is 16.9 Å². The predicted octanol–water partition coefficient (Wildman–Crippen LogP) is 5.41. The lowest BCUT2D eigenvalue weighted by Crippen LogP contribution is -2.56. The highest BCUT2D eigenvalue weighted by Crippen LogP contribution is 2.43. The molecule has 4 aromatic carbocycles. The van der Waals surface area contributed by atoms with Crippen LogP contribution in [0.3, 0.4) is 0 Å². The van der Waals surface area contributed by atoms with E-state index in [0.29, 0.717) is 16.8 Å². The van der Waals surface area contributed by atoms with Crippen LogP contribution in [0.1, 0.15) is 68.5 Å². The molecule has 77 heavy (non-hydrogen) atoms. The highest BCUT2D eigenvalue weighted by molar-refractivity contribution is 6.31. The molecule has 10 rings (SSSR count). The van der Waals surface area contributed by atoms with E-state index in [2.05, 4.69) is 31.0 Å². The second-order valence-corrected chi connectivity index (χ2v) is 19.5. The molecule has 3 fully saturated rings. The minimum absolute atomic E-state index is 0.0407. The number of carbonyl (C=O) groups is 5. The molecule has 6 aromatic rings. The Labute approximate surface area is 442 Å². The number of rotatable bonds is 14. The zero-order valence-electron chi connectivity index (χ0n) is 40.1. The van der Waals surface area contributed by atoms with Gasteiger partial charge in [-0.1, -0.05) is 40.5 Å². The number of aromatic nitrogens is 6. The first-order valence-corrected chi connectivity index (χ1v) is 24.5. The summed E-state index contributed by atoms with van der Waals surface area (Å²) in [6, 6.07) is 13.5. The van der Waals surface area contributed by atoms with Gasteiger partial charge in [0.1, 0.15) is 77.0 Å². The van der Waals surface area contributed by atoms with Gasteiger partial charge in [0, 0.05) is 53.8 Å². The largest absolute Gasteiger partial charge is 0.492 e. The average Bonchev–Trinajstić information content (AvgIpc) is 4.16.